The third kappa shape index (κ3) is 6.01. The number of rotatable bonds is 3. The van der Waals surface area contributed by atoms with E-state index in [9.17, 15) is 0 Å². The smallest absolute Gasteiger partial charge is 0.0722 e. The predicted molar refractivity (Wildman–Crippen MR) is 145 cm³/mol. The second kappa shape index (κ2) is 12.2. The maximum atomic E-state index is 4.12. The molecule has 0 N–H and O–H groups in total. The Morgan fingerprint density at radius 3 is 1.67 bits per heavy atom. The van der Waals surface area contributed by atoms with Crippen LogP contribution in [0.15, 0.2) is 116 Å². The van der Waals surface area contributed by atoms with Crippen LogP contribution in [0.1, 0.15) is 16.7 Å². The van der Waals surface area contributed by atoms with Gasteiger partial charge >= 0.3 is 0 Å². The first-order valence-corrected chi connectivity index (χ1v) is 11.5. The number of hydrogen-bond donors (Lipinski definition) is 0. The average Bonchev–Trinajstić information content (AvgIpc) is 2.87. The van der Waals surface area contributed by atoms with Crippen LogP contribution in [0.5, 0.6) is 0 Å². The fraction of sp³-hybridized carbons (Fsp3) is 0.0303. The van der Waals surface area contributed by atoms with Crippen LogP contribution in [0.3, 0.4) is 0 Å². The SMILES string of the molecule is [CH2-]c1ccccc1-c1cc(-c2ccccc2)c(C)c[n+]1[CH2-].[CH2-]c1ccccc1-c1cccc[n+]1[CH2-].[Ir]. The van der Waals surface area contributed by atoms with Crippen molar-refractivity contribution in [2.24, 2.45) is 0 Å². The molecule has 183 valence electrons. The van der Waals surface area contributed by atoms with Crippen LogP contribution in [0.2, 0.25) is 0 Å². The van der Waals surface area contributed by atoms with Gasteiger partial charge in [-0.05, 0) is 23.6 Å². The molecule has 3 aromatic carbocycles. The summed E-state index contributed by atoms with van der Waals surface area (Å²) < 4.78 is 3.77. The molecule has 0 aliphatic carbocycles. The maximum Gasteiger partial charge on any atom is 0.0722 e. The summed E-state index contributed by atoms with van der Waals surface area (Å²) in [7, 11) is 8.05. The molecule has 0 spiro atoms. The monoisotopic (exact) mass is 647 g/mol. The predicted octanol–water partition coefficient (Wildman–Crippen LogP) is 6.90. The van der Waals surface area contributed by atoms with Gasteiger partial charge in [-0.3, -0.25) is 0 Å². The zero-order valence-corrected chi connectivity index (χ0v) is 22.9. The summed E-state index contributed by atoms with van der Waals surface area (Å²) in [6, 6.07) is 34.8. The Morgan fingerprint density at radius 2 is 1.08 bits per heavy atom. The van der Waals surface area contributed by atoms with E-state index in [0.29, 0.717) is 0 Å². The number of nitrogens with zero attached hydrogens (tertiary/aromatic N) is 2. The first kappa shape index (κ1) is 26.7. The minimum Gasteiger partial charge on any atom is -0.343 e. The Morgan fingerprint density at radius 1 is 0.556 bits per heavy atom. The van der Waals surface area contributed by atoms with E-state index >= 15 is 0 Å². The number of hydrogen-bond acceptors (Lipinski definition) is 0. The second-order valence-electron chi connectivity index (χ2n) is 8.46. The van der Waals surface area contributed by atoms with E-state index in [1.807, 2.05) is 76.0 Å². The van der Waals surface area contributed by atoms with Crippen LogP contribution in [0.25, 0.3) is 33.6 Å². The van der Waals surface area contributed by atoms with Crippen LogP contribution in [0.4, 0.5) is 0 Å². The normalized spacial score (nSPS) is 10.0. The van der Waals surface area contributed by atoms with Gasteiger partial charge in [0.2, 0.25) is 0 Å². The van der Waals surface area contributed by atoms with Crippen LogP contribution in [0, 0.1) is 34.9 Å². The van der Waals surface area contributed by atoms with E-state index in [2.05, 4.69) is 83.5 Å². The zero-order chi connectivity index (χ0) is 24.8. The fourth-order valence-corrected chi connectivity index (χ4v) is 4.13. The molecule has 5 aromatic rings. The molecule has 5 rings (SSSR count). The first-order chi connectivity index (χ1) is 17.0. The van der Waals surface area contributed by atoms with Gasteiger partial charge in [-0.2, -0.15) is 37.1 Å². The molecule has 0 amide bonds. The molecule has 0 aliphatic rings. The number of benzene rings is 3. The minimum absolute atomic E-state index is 0. The van der Waals surface area contributed by atoms with Crippen molar-refractivity contribution in [3.8, 4) is 33.6 Å². The van der Waals surface area contributed by atoms with Crippen molar-refractivity contribution in [2.75, 3.05) is 0 Å². The van der Waals surface area contributed by atoms with Gasteiger partial charge in [0.25, 0.3) is 0 Å². The second-order valence-corrected chi connectivity index (χ2v) is 8.46. The molecule has 2 nitrogen and oxygen atoms in total. The molecule has 0 atom stereocenters. The van der Waals surface area contributed by atoms with Gasteiger partial charge in [0.15, 0.2) is 0 Å². The third-order valence-electron chi connectivity index (χ3n) is 5.98. The Bertz CT molecular complexity index is 1400. The Hall–Kier alpha value is -3.91. The van der Waals surface area contributed by atoms with E-state index in [4.69, 9.17) is 0 Å². The maximum absolute atomic E-state index is 4.12. The van der Waals surface area contributed by atoms with Crippen molar-refractivity contribution in [1.82, 2.24) is 0 Å². The Balaban J connectivity index is 0.000000210. The largest absolute Gasteiger partial charge is 0.343 e. The van der Waals surface area contributed by atoms with E-state index < -0.39 is 0 Å². The van der Waals surface area contributed by atoms with Gasteiger partial charge in [0.05, 0.1) is 23.8 Å². The average molecular weight is 647 g/mol. The third-order valence-corrected chi connectivity index (χ3v) is 5.98. The van der Waals surface area contributed by atoms with E-state index in [-0.39, 0.29) is 20.1 Å². The summed E-state index contributed by atoms with van der Waals surface area (Å²) in [5.74, 6) is 0. The van der Waals surface area contributed by atoms with Crippen LogP contribution >= 0.6 is 0 Å². The number of aryl methyl sites for hydroxylation is 1. The topological polar surface area (TPSA) is 7.76 Å². The summed E-state index contributed by atoms with van der Waals surface area (Å²) in [6.45, 7) is 10.2. The van der Waals surface area contributed by atoms with Crippen molar-refractivity contribution in [3.05, 3.63) is 160 Å². The molecular formula is C33H30IrN2-2. The van der Waals surface area contributed by atoms with Crippen molar-refractivity contribution in [2.45, 2.75) is 6.92 Å². The van der Waals surface area contributed by atoms with Crippen molar-refractivity contribution >= 4 is 0 Å². The molecule has 2 aromatic heterocycles. The van der Waals surface area contributed by atoms with Gasteiger partial charge < -0.3 is 9.13 Å². The number of aromatic nitrogens is 2. The van der Waals surface area contributed by atoms with Crippen molar-refractivity contribution in [3.63, 3.8) is 0 Å². The quantitative estimate of drug-likeness (QED) is 0.149. The summed E-state index contributed by atoms with van der Waals surface area (Å²) in [6.07, 6.45) is 4.01. The van der Waals surface area contributed by atoms with Gasteiger partial charge in [0.1, 0.15) is 0 Å². The van der Waals surface area contributed by atoms with Crippen LogP contribution < -0.4 is 9.13 Å². The van der Waals surface area contributed by atoms with E-state index in [1.165, 1.54) is 16.7 Å². The van der Waals surface area contributed by atoms with Gasteiger partial charge in [-0.25, -0.2) is 0 Å². The minimum atomic E-state index is 0. The molecule has 0 saturated heterocycles. The Labute approximate surface area is 229 Å². The van der Waals surface area contributed by atoms with Crippen LogP contribution in [-0.4, -0.2) is 0 Å². The molecule has 0 unspecified atom stereocenters. The summed E-state index contributed by atoms with van der Waals surface area (Å²) >= 11 is 0. The molecule has 0 saturated carbocycles. The van der Waals surface area contributed by atoms with E-state index in [1.54, 1.807) is 0 Å². The molecule has 0 aliphatic heterocycles. The zero-order valence-electron chi connectivity index (χ0n) is 20.5. The standard InChI is InChI=1S/C20H18N.C13H12N.Ir/c1-15-9-7-8-12-18(15)20-13-19(16(2)14-21(20)3)17-10-5-4-6-11-17;1-11-7-3-4-8-12(11)13-9-5-6-10-14(13)2;/h4-14H,1,3H2,2H3;3-10H,1-2H2;/q2*-1;. The molecule has 2 heterocycles. The summed E-state index contributed by atoms with van der Waals surface area (Å²) in [5, 5.41) is 0. The van der Waals surface area contributed by atoms with Gasteiger partial charge in [-0.15, -0.1) is 35.4 Å². The Kier molecular flexibility index (Phi) is 9.02. The number of pyridine rings is 2. The molecule has 0 fully saturated rings. The van der Waals surface area contributed by atoms with E-state index in [0.717, 1.165) is 33.6 Å². The molecular weight excluding hydrogens is 617 g/mol. The van der Waals surface area contributed by atoms with Gasteiger partial charge in [0, 0.05) is 34.2 Å². The summed E-state index contributed by atoms with van der Waals surface area (Å²) in [5.41, 5.74) is 10.1. The van der Waals surface area contributed by atoms with Crippen LogP contribution in [-0.2, 0) is 20.1 Å². The first-order valence-electron chi connectivity index (χ1n) is 11.5. The van der Waals surface area contributed by atoms with Crippen molar-refractivity contribution in [1.29, 1.82) is 0 Å². The van der Waals surface area contributed by atoms with Gasteiger partial charge in [-0.1, -0.05) is 66.7 Å². The molecule has 3 heteroatoms. The molecule has 1 radical (unpaired) electrons. The van der Waals surface area contributed by atoms with Crippen molar-refractivity contribution < 1.29 is 29.2 Å². The fourth-order valence-electron chi connectivity index (χ4n) is 4.13. The summed E-state index contributed by atoms with van der Waals surface area (Å²) in [4.78, 5) is 0. The molecule has 0 bridgehead atoms. The molecule has 36 heavy (non-hydrogen) atoms.